The van der Waals surface area contributed by atoms with Gasteiger partial charge in [0.2, 0.25) is 0 Å². The van der Waals surface area contributed by atoms with Crippen molar-refractivity contribution in [2.24, 2.45) is 4.99 Å². The minimum Gasteiger partial charge on any atom is -0.493 e. The normalized spacial score (nSPS) is 16.8. The number of nitrogens with zero attached hydrogens (tertiary/aromatic N) is 3. The van der Waals surface area contributed by atoms with Gasteiger partial charge in [-0.05, 0) is 59.8 Å². The molecule has 238 valence electrons. The number of halogens is 8. The molecule has 6 nitrogen and oxygen atoms in total. The van der Waals surface area contributed by atoms with Crippen LogP contribution < -0.4 is 14.4 Å². The molecular weight excluding hydrogens is 634 g/mol. The molecule has 0 bridgehead atoms. The Morgan fingerprint density at radius 2 is 1.58 bits per heavy atom. The van der Waals surface area contributed by atoms with Gasteiger partial charge in [0.05, 0.1) is 28.8 Å². The first kappa shape index (κ1) is 32.1. The summed E-state index contributed by atoms with van der Waals surface area (Å²) in [6.45, 7) is 1.04. The number of hydrogen-bond acceptors (Lipinski definition) is 6. The summed E-state index contributed by atoms with van der Waals surface area (Å²) in [4.78, 5) is 20.7. The van der Waals surface area contributed by atoms with Gasteiger partial charge in [-0.25, -0.2) is 8.78 Å². The second-order valence-electron chi connectivity index (χ2n) is 9.95. The minimum atomic E-state index is -5.04. The Labute approximate surface area is 255 Å². The molecule has 45 heavy (non-hydrogen) atoms. The fourth-order valence-electron chi connectivity index (χ4n) is 4.75. The van der Waals surface area contributed by atoms with Crippen molar-refractivity contribution in [1.82, 2.24) is 4.90 Å². The molecule has 0 radical (unpaired) electrons. The number of thioether (sulfide) groups is 1. The number of amidine groups is 1. The maximum atomic E-state index is 14.2. The molecular formula is C30H23F8N3O3S. The average molecular weight is 658 g/mol. The lowest BCUT2D eigenvalue weighted by atomic mass is 10.0. The molecule has 0 N–H and O–H groups in total. The van der Waals surface area contributed by atoms with Gasteiger partial charge in [-0.1, -0.05) is 12.1 Å². The highest BCUT2D eigenvalue weighted by Gasteiger charge is 2.38. The summed E-state index contributed by atoms with van der Waals surface area (Å²) in [6, 6.07) is 9.14. The number of methoxy groups -OCH3 is 1. The second kappa shape index (κ2) is 12.6. The van der Waals surface area contributed by atoms with Crippen LogP contribution in [0, 0.1) is 11.6 Å². The van der Waals surface area contributed by atoms with E-state index in [4.69, 9.17) is 9.47 Å². The van der Waals surface area contributed by atoms with Crippen LogP contribution in [0.3, 0.4) is 0 Å². The number of amides is 1. The fourth-order valence-corrected chi connectivity index (χ4v) is 5.72. The van der Waals surface area contributed by atoms with Crippen molar-refractivity contribution in [1.29, 1.82) is 0 Å². The lowest BCUT2D eigenvalue weighted by Gasteiger charge is -2.36. The Hall–Kier alpha value is -4.27. The van der Waals surface area contributed by atoms with Gasteiger partial charge in [0, 0.05) is 37.8 Å². The molecule has 2 aliphatic heterocycles. The van der Waals surface area contributed by atoms with Crippen molar-refractivity contribution < 1.29 is 49.4 Å². The molecule has 1 fully saturated rings. The lowest BCUT2D eigenvalue weighted by Crippen LogP contribution is -2.48. The van der Waals surface area contributed by atoms with Crippen LogP contribution in [-0.2, 0) is 23.8 Å². The van der Waals surface area contributed by atoms with Crippen molar-refractivity contribution in [3.05, 3.63) is 93.4 Å². The van der Waals surface area contributed by atoms with E-state index in [1.807, 2.05) is 4.90 Å². The number of piperazine rings is 1. The number of carbonyl (C=O) groups excluding carboxylic acids is 1. The molecule has 3 aromatic carbocycles. The molecule has 2 aliphatic rings. The number of ether oxygens (including phenoxy) is 2. The maximum absolute atomic E-state index is 14.2. The number of aliphatic imine (C=N–C) groups is 1. The SMILES string of the molecule is COc1cc(/C=C2\SC(N3CCN(c4ccc(F)cc4F)CC3)=NC2=O)ccc1OCc1ccc(C(F)(F)F)cc1C(F)(F)F. The smallest absolute Gasteiger partial charge is 0.416 e. The van der Waals surface area contributed by atoms with Crippen LogP contribution in [0.4, 0.5) is 40.8 Å². The summed E-state index contributed by atoms with van der Waals surface area (Å²) in [5.41, 5.74) is -2.61. The molecule has 2 heterocycles. The van der Waals surface area contributed by atoms with E-state index in [9.17, 15) is 39.9 Å². The van der Waals surface area contributed by atoms with Crippen molar-refractivity contribution in [3.63, 3.8) is 0 Å². The van der Waals surface area contributed by atoms with Gasteiger partial charge < -0.3 is 19.3 Å². The third-order valence-electron chi connectivity index (χ3n) is 7.02. The van der Waals surface area contributed by atoms with Crippen LogP contribution >= 0.6 is 11.8 Å². The average Bonchev–Trinajstić information content (AvgIpc) is 3.35. The predicted molar refractivity (Wildman–Crippen MR) is 152 cm³/mol. The number of rotatable bonds is 6. The van der Waals surface area contributed by atoms with Gasteiger partial charge in [0.25, 0.3) is 5.91 Å². The molecule has 1 amide bonds. The summed E-state index contributed by atoms with van der Waals surface area (Å²) in [5, 5.41) is 0.467. The van der Waals surface area contributed by atoms with E-state index in [-0.39, 0.29) is 23.3 Å². The van der Waals surface area contributed by atoms with Crippen molar-refractivity contribution in [2.75, 3.05) is 38.2 Å². The van der Waals surface area contributed by atoms with E-state index >= 15 is 0 Å². The zero-order chi connectivity index (χ0) is 32.5. The standard InChI is InChI=1S/C30H23F8N3O3S/c1-43-25-12-17(2-7-24(25)44-16-18-3-4-19(29(33,34)35)14-21(18)30(36,37)38)13-26-27(42)39-28(45-26)41-10-8-40(9-11-41)23-6-5-20(31)15-22(23)32/h2-7,12-15H,8-11,16H2,1H3/b26-13-. The first-order valence-electron chi connectivity index (χ1n) is 13.3. The Bertz CT molecular complexity index is 1670. The molecule has 0 saturated carbocycles. The molecule has 0 aromatic heterocycles. The maximum Gasteiger partial charge on any atom is 0.416 e. The second-order valence-corrected chi connectivity index (χ2v) is 11.0. The molecule has 0 spiro atoms. The number of alkyl halides is 6. The van der Waals surface area contributed by atoms with Crippen LogP contribution in [0.25, 0.3) is 6.08 Å². The van der Waals surface area contributed by atoms with E-state index in [0.717, 1.165) is 23.9 Å². The summed E-state index contributed by atoms with van der Waals surface area (Å²) >= 11 is 1.14. The van der Waals surface area contributed by atoms with Gasteiger partial charge in [-0.2, -0.15) is 31.3 Å². The Kier molecular flexibility index (Phi) is 9.01. The largest absolute Gasteiger partial charge is 0.493 e. The third-order valence-corrected chi connectivity index (χ3v) is 8.07. The van der Waals surface area contributed by atoms with Gasteiger partial charge in [-0.3, -0.25) is 4.79 Å². The zero-order valence-corrected chi connectivity index (χ0v) is 24.1. The molecule has 5 rings (SSSR count). The summed E-state index contributed by atoms with van der Waals surface area (Å²) in [7, 11) is 1.30. The molecule has 0 atom stereocenters. The lowest BCUT2D eigenvalue weighted by molar-refractivity contribution is -0.143. The monoisotopic (exact) mass is 657 g/mol. The summed E-state index contributed by atoms with van der Waals surface area (Å²) in [6.07, 6.45) is -8.43. The number of hydrogen-bond donors (Lipinski definition) is 0. The molecule has 1 saturated heterocycles. The first-order chi connectivity index (χ1) is 21.2. The van der Waals surface area contributed by atoms with Crippen LogP contribution in [0.15, 0.2) is 64.5 Å². The quantitative estimate of drug-likeness (QED) is 0.204. The van der Waals surface area contributed by atoms with Crippen molar-refractivity contribution in [3.8, 4) is 11.5 Å². The summed E-state index contributed by atoms with van der Waals surface area (Å²) in [5.74, 6) is -1.66. The molecule has 15 heteroatoms. The van der Waals surface area contributed by atoms with Crippen LogP contribution in [0.5, 0.6) is 11.5 Å². The fraction of sp³-hybridized carbons (Fsp3) is 0.267. The Morgan fingerprint density at radius 1 is 0.867 bits per heavy atom. The van der Waals surface area contributed by atoms with Crippen LogP contribution in [-0.4, -0.2) is 49.3 Å². The topological polar surface area (TPSA) is 54.4 Å². The Balaban J connectivity index is 1.24. The predicted octanol–water partition coefficient (Wildman–Crippen LogP) is 7.38. The molecule has 3 aromatic rings. The zero-order valence-electron chi connectivity index (χ0n) is 23.3. The highest BCUT2D eigenvalue weighted by atomic mass is 32.2. The number of anilines is 1. The van der Waals surface area contributed by atoms with E-state index in [2.05, 4.69) is 4.99 Å². The van der Waals surface area contributed by atoms with Crippen molar-refractivity contribution in [2.45, 2.75) is 19.0 Å². The van der Waals surface area contributed by atoms with Gasteiger partial charge in [0.1, 0.15) is 18.2 Å². The van der Waals surface area contributed by atoms with Crippen molar-refractivity contribution >= 4 is 34.6 Å². The summed E-state index contributed by atoms with van der Waals surface area (Å²) < 4.78 is 118. The van der Waals surface area contributed by atoms with Gasteiger partial charge >= 0.3 is 12.4 Å². The van der Waals surface area contributed by atoms with E-state index in [1.165, 1.54) is 37.4 Å². The number of carbonyl (C=O) groups is 1. The highest BCUT2D eigenvalue weighted by molar-refractivity contribution is 8.18. The highest BCUT2D eigenvalue weighted by Crippen LogP contribution is 2.39. The number of benzene rings is 3. The molecule has 0 unspecified atom stereocenters. The van der Waals surface area contributed by atoms with E-state index in [1.54, 1.807) is 11.0 Å². The van der Waals surface area contributed by atoms with Gasteiger partial charge in [0.15, 0.2) is 16.7 Å². The Morgan fingerprint density at radius 3 is 2.22 bits per heavy atom. The van der Waals surface area contributed by atoms with Gasteiger partial charge in [-0.15, -0.1) is 0 Å². The van der Waals surface area contributed by atoms with Crippen LogP contribution in [0.1, 0.15) is 22.3 Å². The van der Waals surface area contributed by atoms with Crippen LogP contribution in [0.2, 0.25) is 0 Å². The van der Waals surface area contributed by atoms with E-state index in [0.29, 0.717) is 47.9 Å². The molecule has 0 aliphatic carbocycles. The first-order valence-corrected chi connectivity index (χ1v) is 14.1. The third kappa shape index (κ3) is 7.35. The van der Waals surface area contributed by atoms with E-state index < -0.39 is 53.2 Å². The minimum absolute atomic E-state index is 0.0328.